The van der Waals surface area contributed by atoms with Gasteiger partial charge in [-0.05, 0) is 19.3 Å². The molecule has 5 nitrogen and oxygen atoms in total. The van der Waals surface area contributed by atoms with E-state index in [1.807, 2.05) is 0 Å². The van der Waals surface area contributed by atoms with Gasteiger partial charge in [-0.25, -0.2) is 4.39 Å². The minimum Gasteiger partial charge on any atom is -0.394 e. The van der Waals surface area contributed by atoms with Gasteiger partial charge in [-0.1, -0.05) is 0 Å². The Morgan fingerprint density at radius 3 is 2.56 bits per heavy atom. The molecule has 0 heterocycles. The summed E-state index contributed by atoms with van der Waals surface area (Å²) in [6.45, 7) is -0.234. The monoisotopic (exact) mass is 258 g/mol. The first-order valence-corrected chi connectivity index (χ1v) is 5.50. The highest BCUT2D eigenvalue weighted by Gasteiger charge is 2.38. The molecule has 0 unspecified atom stereocenters. The number of aliphatic hydroxyl groups excluding tert-OH is 1. The maximum atomic E-state index is 13.4. The fraction of sp³-hybridized carbons (Fsp3) is 0.455. The van der Waals surface area contributed by atoms with Gasteiger partial charge in [0.05, 0.1) is 17.1 Å². The lowest BCUT2D eigenvalue weighted by atomic mass is 9.77. The predicted octanol–water partition coefficient (Wildman–Crippen LogP) is 2.20. The van der Waals surface area contributed by atoms with Crippen LogP contribution in [0.4, 0.5) is 20.2 Å². The van der Waals surface area contributed by atoms with Gasteiger partial charge >= 0.3 is 5.69 Å². The van der Waals surface area contributed by atoms with Crippen LogP contribution in [0, 0.1) is 21.7 Å². The second-order valence-corrected chi connectivity index (χ2v) is 4.46. The largest absolute Gasteiger partial charge is 0.394 e. The number of nitrogens with zero attached hydrogens (tertiary/aromatic N) is 1. The molecule has 0 aliphatic heterocycles. The summed E-state index contributed by atoms with van der Waals surface area (Å²) < 4.78 is 26.5. The van der Waals surface area contributed by atoms with E-state index < -0.39 is 27.8 Å². The second kappa shape index (κ2) is 4.49. The number of nitro groups is 1. The molecule has 2 rings (SSSR count). The van der Waals surface area contributed by atoms with Crippen molar-refractivity contribution in [3.8, 4) is 0 Å². The van der Waals surface area contributed by atoms with E-state index in [0.29, 0.717) is 18.9 Å². The molecule has 1 aromatic rings. The molecule has 1 aliphatic carbocycles. The zero-order valence-corrected chi connectivity index (χ0v) is 9.45. The molecule has 98 valence electrons. The molecule has 1 saturated carbocycles. The van der Waals surface area contributed by atoms with Crippen LogP contribution in [0.15, 0.2) is 12.1 Å². The molecule has 0 atom stereocenters. The topological polar surface area (TPSA) is 75.4 Å². The van der Waals surface area contributed by atoms with Crippen LogP contribution in [-0.2, 0) is 0 Å². The average molecular weight is 258 g/mol. The number of aliphatic hydroxyl groups is 1. The van der Waals surface area contributed by atoms with Gasteiger partial charge in [0, 0.05) is 12.1 Å². The van der Waals surface area contributed by atoms with E-state index in [1.54, 1.807) is 0 Å². The van der Waals surface area contributed by atoms with E-state index in [4.69, 9.17) is 0 Å². The van der Waals surface area contributed by atoms with Gasteiger partial charge in [-0.15, -0.1) is 0 Å². The molecule has 18 heavy (non-hydrogen) atoms. The fourth-order valence-corrected chi connectivity index (χ4v) is 2.06. The molecule has 2 N–H and O–H groups in total. The third kappa shape index (κ3) is 2.13. The smallest absolute Gasteiger partial charge is 0.327 e. The lowest BCUT2D eigenvalue weighted by Gasteiger charge is -2.41. The Kier molecular flexibility index (Phi) is 3.16. The van der Waals surface area contributed by atoms with Gasteiger partial charge in [0.1, 0.15) is 11.5 Å². The van der Waals surface area contributed by atoms with Gasteiger partial charge in [0.15, 0.2) is 0 Å². The number of anilines is 1. The first-order valence-electron chi connectivity index (χ1n) is 5.50. The lowest BCUT2D eigenvalue weighted by molar-refractivity contribution is -0.386. The maximum Gasteiger partial charge on any atom is 0.327 e. The molecule has 0 spiro atoms. The first kappa shape index (κ1) is 12.7. The summed E-state index contributed by atoms with van der Waals surface area (Å²) in [5.74, 6) is -2.12. The van der Waals surface area contributed by atoms with Crippen LogP contribution in [0.1, 0.15) is 19.3 Å². The second-order valence-electron chi connectivity index (χ2n) is 4.46. The summed E-state index contributed by atoms with van der Waals surface area (Å²) in [6.07, 6.45) is 2.08. The number of halogens is 2. The van der Waals surface area contributed by atoms with Gasteiger partial charge < -0.3 is 10.4 Å². The molecule has 0 radical (unpaired) electrons. The molecule has 1 aromatic carbocycles. The van der Waals surface area contributed by atoms with Crippen molar-refractivity contribution in [1.82, 2.24) is 0 Å². The van der Waals surface area contributed by atoms with E-state index in [1.165, 1.54) is 0 Å². The van der Waals surface area contributed by atoms with Crippen molar-refractivity contribution < 1.29 is 18.8 Å². The van der Waals surface area contributed by atoms with Crippen molar-refractivity contribution in [3.63, 3.8) is 0 Å². The zero-order valence-electron chi connectivity index (χ0n) is 9.45. The molecular formula is C11H12F2N2O3. The van der Waals surface area contributed by atoms with Crippen LogP contribution in [0.25, 0.3) is 0 Å². The fourth-order valence-electron chi connectivity index (χ4n) is 2.06. The van der Waals surface area contributed by atoms with E-state index in [9.17, 15) is 24.0 Å². The quantitative estimate of drug-likeness (QED) is 0.641. The summed E-state index contributed by atoms with van der Waals surface area (Å²) in [5.41, 5.74) is -1.73. The Hall–Kier alpha value is -1.76. The highest BCUT2D eigenvalue weighted by molar-refractivity contribution is 5.63. The standard InChI is InChI=1S/C11H12F2N2O3/c12-7-4-8(13)10(15(17)18)9(5-7)14-11(6-16)2-1-3-11/h4-5,14,16H,1-3,6H2. The highest BCUT2D eigenvalue weighted by atomic mass is 19.1. The summed E-state index contributed by atoms with van der Waals surface area (Å²) in [7, 11) is 0. The Morgan fingerprint density at radius 2 is 2.11 bits per heavy atom. The van der Waals surface area contributed by atoms with E-state index >= 15 is 0 Å². The van der Waals surface area contributed by atoms with Gasteiger partial charge in [0.25, 0.3) is 0 Å². The van der Waals surface area contributed by atoms with Crippen LogP contribution >= 0.6 is 0 Å². The van der Waals surface area contributed by atoms with Crippen LogP contribution in [0.2, 0.25) is 0 Å². The van der Waals surface area contributed by atoms with Gasteiger partial charge in [-0.2, -0.15) is 4.39 Å². The van der Waals surface area contributed by atoms with Crippen molar-refractivity contribution in [2.24, 2.45) is 0 Å². The average Bonchev–Trinajstić information content (AvgIpc) is 2.21. The summed E-state index contributed by atoms with van der Waals surface area (Å²) >= 11 is 0. The van der Waals surface area contributed by atoms with Crippen molar-refractivity contribution in [2.75, 3.05) is 11.9 Å². The maximum absolute atomic E-state index is 13.4. The van der Waals surface area contributed by atoms with E-state index in [2.05, 4.69) is 5.32 Å². The summed E-state index contributed by atoms with van der Waals surface area (Å²) in [5, 5.41) is 22.7. The summed E-state index contributed by atoms with van der Waals surface area (Å²) in [4.78, 5) is 9.87. The Morgan fingerprint density at radius 1 is 1.44 bits per heavy atom. The SMILES string of the molecule is O=[N+]([O-])c1c(F)cc(F)cc1NC1(CO)CCC1. The number of hydrogen-bond acceptors (Lipinski definition) is 4. The normalized spacial score (nSPS) is 17.1. The minimum absolute atomic E-state index is 0.230. The molecule has 1 aliphatic rings. The lowest BCUT2D eigenvalue weighted by Crippen LogP contribution is -2.48. The van der Waals surface area contributed by atoms with Crippen molar-refractivity contribution in [3.05, 3.63) is 33.9 Å². The van der Waals surface area contributed by atoms with E-state index in [0.717, 1.165) is 12.5 Å². The number of rotatable bonds is 4. The van der Waals surface area contributed by atoms with Crippen molar-refractivity contribution in [2.45, 2.75) is 24.8 Å². The Labute approximate surface area is 102 Å². The number of benzene rings is 1. The number of nitro benzene ring substituents is 1. The molecule has 7 heteroatoms. The number of hydrogen-bond donors (Lipinski definition) is 2. The third-order valence-electron chi connectivity index (χ3n) is 3.22. The molecule has 0 bridgehead atoms. The molecule has 1 fully saturated rings. The molecular weight excluding hydrogens is 246 g/mol. The van der Waals surface area contributed by atoms with Crippen LogP contribution in [-0.4, -0.2) is 22.2 Å². The predicted molar refractivity (Wildman–Crippen MR) is 60.3 cm³/mol. The zero-order chi connectivity index (χ0) is 13.3. The number of nitrogens with one attached hydrogen (secondary N) is 1. The Bertz CT molecular complexity index is 484. The highest BCUT2D eigenvalue weighted by Crippen LogP contribution is 2.38. The molecule has 0 amide bonds. The molecule has 0 saturated heterocycles. The van der Waals surface area contributed by atoms with E-state index in [-0.39, 0.29) is 12.3 Å². The van der Waals surface area contributed by atoms with Crippen molar-refractivity contribution >= 4 is 11.4 Å². The van der Waals surface area contributed by atoms with Crippen LogP contribution < -0.4 is 5.32 Å². The first-order chi connectivity index (χ1) is 8.47. The van der Waals surface area contributed by atoms with Crippen molar-refractivity contribution in [1.29, 1.82) is 0 Å². The van der Waals surface area contributed by atoms with Crippen LogP contribution in [0.5, 0.6) is 0 Å². The van der Waals surface area contributed by atoms with Crippen LogP contribution in [0.3, 0.4) is 0 Å². The van der Waals surface area contributed by atoms with Gasteiger partial charge in [0.2, 0.25) is 5.82 Å². The molecule has 0 aromatic heterocycles. The van der Waals surface area contributed by atoms with Gasteiger partial charge in [-0.3, -0.25) is 10.1 Å². The minimum atomic E-state index is -1.23. The third-order valence-corrected chi connectivity index (χ3v) is 3.22. The summed E-state index contributed by atoms with van der Waals surface area (Å²) in [6, 6.07) is 1.34. The Balaban J connectivity index is 2.39.